The summed E-state index contributed by atoms with van der Waals surface area (Å²) in [5, 5.41) is -0.126. The fourth-order valence-electron chi connectivity index (χ4n) is 1.71. The molecule has 0 aromatic rings. The van der Waals surface area contributed by atoms with Crippen molar-refractivity contribution in [1.82, 2.24) is 0 Å². The molecule has 0 amide bonds. The Bertz CT molecular complexity index is 230. The number of sulfone groups is 1. The number of hydrogen-bond acceptors (Lipinski definition) is 2. The smallest absolute Gasteiger partial charge is 0.153 e. The highest BCUT2D eigenvalue weighted by Crippen LogP contribution is 2.19. The van der Waals surface area contributed by atoms with E-state index in [0.717, 1.165) is 25.7 Å². The van der Waals surface area contributed by atoms with Crippen molar-refractivity contribution < 1.29 is 8.42 Å². The highest BCUT2D eigenvalue weighted by Gasteiger charge is 2.26. The molecule has 0 fully saturated rings. The molecule has 1 atom stereocenters. The van der Waals surface area contributed by atoms with E-state index in [9.17, 15) is 8.42 Å². The van der Waals surface area contributed by atoms with Gasteiger partial charge in [-0.25, -0.2) is 8.42 Å². The molecule has 2 nitrogen and oxygen atoms in total. The summed E-state index contributed by atoms with van der Waals surface area (Å²) in [6, 6.07) is 0. The van der Waals surface area contributed by atoms with Crippen LogP contribution in [0.15, 0.2) is 0 Å². The zero-order chi connectivity index (χ0) is 11.2. The second-order valence-electron chi connectivity index (χ2n) is 4.29. The van der Waals surface area contributed by atoms with Crippen molar-refractivity contribution in [3.63, 3.8) is 0 Å². The third kappa shape index (κ3) is 4.45. The number of rotatable bonds is 7. The molecule has 0 aliphatic rings. The molecule has 0 saturated carbocycles. The molecule has 0 rings (SSSR count). The molecule has 3 heteroatoms. The first-order chi connectivity index (χ1) is 6.45. The fraction of sp³-hybridized carbons (Fsp3) is 1.00. The lowest BCUT2D eigenvalue weighted by molar-refractivity contribution is 0.506. The zero-order valence-corrected chi connectivity index (χ0v) is 10.7. The van der Waals surface area contributed by atoms with E-state index in [4.69, 9.17) is 0 Å². The molecule has 0 radical (unpaired) electrons. The molecule has 0 aliphatic carbocycles. The van der Waals surface area contributed by atoms with Crippen LogP contribution in [0.1, 0.15) is 53.4 Å². The van der Waals surface area contributed by atoms with Crippen molar-refractivity contribution >= 4 is 9.84 Å². The molecule has 0 heterocycles. The molecule has 0 aromatic carbocycles. The molecule has 0 N–H and O–H groups in total. The first kappa shape index (κ1) is 13.9. The highest BCUT2D eigenvalue weighted by molar-refractivity contribution is 7.92. The molecule has 0 bridgehead atoms. The normalized spacial score (nSPS) is 14.6. The van der Waals surface area contributed by atoms with E-state index in [-0.39, 0.29) is 11.2 Å². The van der Waals surface area contributed by atoms with Crippen LogP contribution in [0.4, 0.5) is 0 Å². The lowest BCUT2D eigenvalue weighted by atomic mass is 10.1. The van der Waals surface area contributed by atoms with Gasteiger partial charge in [0.15, 0.2) is 9.84 Å². The van der Waals surface area contributed by atoms with E-state index in [1.54, 1.807) is 0 Å². The summed E-state index contributed by atoms with van der Waals surface area (Å²) in [6.07, 6.45) is 3.52. The van der Waals surface area contributed by atoms with Gasteiger partial charge in [-0.1, -0.05) is 40.5 Å². The Morgan fingerprint density at radius 1 is 1.07 bits per heavy atom. The molecule has 1 unspecified atom stereocenters. The fourth-order valence-corrected chi connectivity index (χ4v) is 4.13. The second kappa shape index (κ2) is 6.44. The van der Waals surface area contributed by atoms with E-state index >= 15 is 0 Å². The third-order valence-electron chi connectivity index (χ3n) is 2.56. The van der Waals surface area contributed by atoms with E-state index in [1.807, 2.05) is 27.7 Å². The molecule has 0 saturated heterocycles. The van der Waals surface area contributed by atoms with Crippen molar-refractivity contribution in [2.24, 2.45) is 5.92 Å². The predicted molar refractivity (Wildman–Crippen MR) is 62.2 cm³/mol. The van der Waals surface area contributed by atoms with Gasteiger partial charge in [0.05, 0.1) is 11.0 Å². The summed E-state index contributed by atoms with van der Waals surface area (Å²) in [6.45, 7) is 8.08. The largest absolute Gasteiger partial charge is 0.229 e. The second-order valence-corrected chi connectivity index (χ2v) is 6.63. The maximum atomic E-state index is 11.9. The van der Waals surface area contributed by atoms with Crippen LogP contribution >= 0.6 is 0 Å². The first-order valence-corrected chi connectivity index (χ1v) is 7.38. The Kier molecular flexibility index (Phi) is 6.41. The Balaban J connectivity index is 4.46. The molecule has 14 heavy (non-hydrogen) atoms. The van der Waals surface area contributed by atoms with E-state index in [0.29, 0.717) is 5.75 Å². The molecular weight excluding hydrogens is 196 g/mol. The van der Waals surface area contributed by atoms with Crippen molar-refractivity contribution in [1.29, 1.82) is 0 Å². The van der Waals surface area contributed by atoms with Gasteiger partial charge in [0.1, 0.15) is 0 Å². The SMILES string of the molecule is CCCCS(=O)(=O)C(CCC)C(C)C. The summed E-state index contributed by atoms with van der Waals surface area (Å²) < 4.78 is 23.8. The van der Waals surface area contributed by atoms with Crippen LogP contribution in [0.3, 0.4) is 0 Å². The molecule has 0 aromatic heterocycles. The van der Waals surface area contributed by atoms with Gasteiger partial charge in [0.25, 0.3) is 0 Å². The molecule has 86 valence electrons. The van der Waals surface area contributed by atoms with Crippen molar-refractivity contribution in [3.05, 3.63) is 0 Å². The number of unbranched alkanes of at least 4 members (excludes halogenated alkanes) is 1. The van der Waals surface area contributed by atoms with Crippen LogP contribution in [0, 0.1) is 5.92 Å². The predicted octanol–water partition coefficient (Wildman–Crippen LogP) is 3.03. The van der Waals surface area contributed by atoms with Crippen LogP contribution in [0.25, 0.3) is 0 Å². The maximum absolute atomic E-state index is 11.9. The average molecular weight is 220 g/mol. The topological polar surface area (TPSA) is 34.1 Å². The van der Waals surface area contributed by atoms with Crippen LogP contribution in [0.2, 0.25) is 0 Å². The molecular formula is C11H24O2S. The van der Waals surface area contributed by atoms with Crippen LogP contribution < -0.4 is 0 Å². The lowest BCUT2D eigenvalue weighted by Crippen LogP contribution is -2.29. The average Bonchev–Trinajstić information content (AvgIpc) is 2.10. The number of hydrogen-bond donors (Lipinski definition) is 0. The van der Waals surface area contributed by atoms with Gasteiger partial charge in [-0.2, -0.15) is 0 Å². The van der Waals surface area contributed by atoms with Gasteiger partial charge in [-0.05, 0) is 18.8 Å². The van der Waals surface area contributed by atoms with Gasteiger partial charge in [-0.15, -0.1) is 0 Å². The lowest BCUT2D eigenvalue weighted by Gasteiger charge is -2.20. The third-order valence-corrected chi connectivity index (χ3v) is 5.12. The maximum Gasteiger partial charge on any atom is 0.153 e. The van der Waals surface area contributed by atoms with Gasteiger partial charge in [-0.3, -0.25) is 0 Å². The monoisotopic (exact) mass is 220 g/mol. The van der Waals surface area contributed by atoms with E-state index in [1.165, 1.54) is 0 Å². The minimum atomic E-state index is -2.85. The standard InChI is InChI=1S/C11H24O2S/c1-5-7-9-14(12,13)11(8-6-2)10(3)4/h10-11H,5-9H2,1-4H3. The molecule has 0 aliphatic heterocycles. The Morgan fingerprint density at radius 2 is 1.64 bits per heavy atom. The molecule has 0 spiro atoms. The zero-order valence-electron chi connectivity index (χ0n) is 9.91. The Labute approximate surface area is 89.0 Å². The summed E-state index contributed by atoms with van der Waals surface area (Å²) in [5.74, 6) is 0.614. The van der Waals surface area contributed by atoms with Crippen LogP contribution in [-0.2, 0) is 9.84 Å². The van der Waals surface area contributed by atoms with Crippen molar-refractivity contribution in [2.45, 2.75) is 58.6 Å². The van der Waals surface area contributed by atoms with Crippen LogP contribution in [-0.4, -0.2) is 19.4 Å². The van der Waals surface area contributed by atoms with Crippen molar-refractivity contribution in [3.8, 4) is 0 Å². The first-order valence-electron chi connectivity index (χ1n) is 5.67. The quantitative estimate of drug-likeness (QED) is 0.661. The van der Waals surface area contributed by atoms with Gasteiger partial charge >= 0.3 is 0 Å². The summed E-state index contributed by atoms with van der Waals surface area (Å²) >= 11 is 0. The Morgan fingerprint density at radius 3 is 2.00 bits per heavy atom. The van der Waals surface area contributed by atoms with Gasteiger partial charge in [0.2, 0.25) is 0 Å². The summed E-state index contributed by atoms with van der Waals surface area (Å²) in [4.78, 5) is 0. The van der Waals surface area contributed by atoms with E-state index < -0.39 is 9.84 Å². The van der Waals surface area contributed by atoms with Crippen LogP contribution in [0.5, 0.6) is 0 Å². The van der Waals surface area contributed by atoms with Gasteiger partial charge < -0.3 is 0 Å². The van der Waals surface area contributed by atoms with Gasteiger partial charge in [0, 0.05) is 0 Å². The highest BCUT2D eigenvalue weighted by atomic mass is 32.2. The minimum Gasteiger partial charge on any atom is -0.229 e. The van der Waals surface area contributed by atoms with Crippen molar-refractivity contribution in [2.75, 3.05) is 5.75 Å². The Hall–Kier alpha value is -0.0500. The minimum absolute atomic E-state index is 0.126. The summed E-state index contributed by atoms with van der Waals surface area (Å²) in [7, 11) is -2.85. The van der Waals surface area contributed by atoms with E-state index in [2.05, 4.69) is 0 Å². The summed E-state index contributed by atoms with van der Waals surface area (Å²) in [5.41, 5.74) is 0.